The fraction of sp³-hybridized carbons (Fsp3) is 0.263. The summed E-state index contributed by atoms with van der Waals surface area (Å²) in [5.41, 5.74) is 4.32. The van der Waals surface area contributed by atoms with Crippen LogP contribution in [0.2, 0.25) is 0 Å². The summed E-state index contributed by atoms with van der Waals surface area (Å²) in [4.78, 5) is 26.2. The monoisotopic (exact) mass is 356 g/mol. The van der Waals surface area contributed by atoms with Gasteiger partial charge in [-0.3, -0.25) is 14.5 Å². The zero-order chi connectivity index (χ0) is 18.0. The molecule has 1 aromatic carbocycles. The average Bonchev–Trinajstić information content (AvgIpc) is 3.14. The van der Waals surface area contributed by atoms with Crippen LogP contribution in [-0.2, 0) is 9.53 Å². The van der Waals surface area contributed by atoms with Crippen molar-refractivity contribution in [1.29, 1.82) is 0 Å². The second-order valence-corrected chi connectivity index (χ2v) is 6.84. The number of hydrogen-bond donors (Lipinski definition) is 0. The summed E-state index contributed by atoms with van der Waals surface area (Å²) < 4.78 is 7.00. The Labute approximate surface area is 151 Å². The number of carbonyl (C=O) groups is 2. The zero-order valence-electron chi connectivity index (χ0n) is 14.5. The largest absolute Gasteiger partial charge is 0.383 e. The topological polar surface area (TPSA) is 51.5 Å². The van der Waals surface area contributed by atoms with Crippen molar-refractivity contribution >= 4 is 29.0 Å². The minimum Gasteiger partial charge on any atom is -0.383 e. The maximum absolute atomic E-state index is 12.5. The molecule has 6 heteroatoms. The predicted octanol–water partition coefficient (Wildman–Crippen LogP) is 3.78. The number of aryl methyl sites for hydroxylation is 1. The van der Waals surface area contributed by atoms with Gasteiger partial charge in [-0.05, 0) is 61.0 Å². The number of aromatic nitrogens is 1. The molecular weight excluding hydrogens is 336 g/mol. The maximum Gasteiger partial charge on any atom is 0.293 e. The second-order valence-electron chi connectivity index (χ2n) is 5.85. The van der Waals surface area contributed by atoms with Gasteiger partial charge in [0.05, 0.1) is 18.1 Å². The Kier molecular flexibility index (Phi) is 5.11. The minimum atomic E-state index is -0.263. The Hall–Kier alpha value is -2.31. The zero-order valence-corrected chi connectivity index (χ0v) is 15.3. The van der Waals surface area contributed by atoms with Gasteiger partial charge in [-0.25, -0.2) is 0 Å². The molecule has 0 saturated carbocycles. The molecule has 0 radical (unpaired) electrons. The highest BCUT2D eigenvalue weighted by Crippen LogP contribution is 2.32. The third-order valence-corrected chi connectivity index (χ3v) is 5.19. The molecule has 130 valence electrons. The van der Waals surface area contributed by atoms with Crippen LogP contribution in [0.15, 0.2) is 41.4 Å². The standard InChI is InChI=1S/C19H20N2O3S/c1-13-6-4-8-16(14(13)2)20-9-5-7-15(20)12-17-18(22)21(10-11-24-3)19(23)25-17/h4-9,12H,10-11H2,1-3H3/b17-12+. The van der Waals surface area contributed by atoms with Crippen LogP contribution in [0.1, 0.15) is 16.8 Å². The summed E-state index contributed by atoms with van der Waals surface area (Å²) in [6, 6.07) is 10.0. The maximum atomic E-state index is 12.5. The number of hydrogen-bond acceptors (Lipinski definition) is 4. The van der Waals surface area contributed by atoms with E-state index in [2.05, 4.69) is 19.9 Å². The van der Waals surface area contributed by atoms with Crippen molar-refractivity contribution in [1.82, 2.24) is 9.47 Å². The van der Waals surface area contributed by atoms with Gasteiger partial charge in [-0.2, -0.15) is 0 Å². The number of rotatable bonds is 5. The van der Waals surface area contributed by atoms with E-state index in [1.165, 1.54) is 16.0 Å². The number of amides is 2. The van der Waals surface area contributed by atoms with E-state index in [0.717, 1.165) is 23.1 Å². The normalized spacial score (nSPS) is 16.3. The molecule has 0 bridgehead atoms. The molecule has 2 heterocycles. The van der Waals surface area contributed by atoms with Gasteiger partial charge >= 0.3 is 0 Å². The fourth-order valence-corrected chi connectivity index (χ4v) is 3.59. The van der Waals surface area contributed by atoms with Crippen LogP contribution >= 0.6 is 11.8 Å². The van der Waals surface area contributed by atoms with Crippen molar-refractivity contribution in [3.63, 3.8) is 0 Å². The van der Waals surface area contributed by atoms with E-state index in [0.29, 0.717) is 11.5 Å². The van der Waals surface area contributed by atoms with Crippen molar-refractivity contribution in [2.24, 2.45) is 0 Å². The van der Waals surface area contributed by atoms with Gasteiger partial charge in [-0.1, -0.05) is 12.1 Å². The highest BCUT2D eigenvalue weighted by Gasteiger charge is 2.34. The number of nitrogens with zero attached hydrogens (tertiary/aromatic N) is 2. The van der Waals surface area contributed by atoms with Crippen LogP contribution in [0, 0.1) is 13.8 Å². The van der Waals surface area contributed by atoms with E-state index >= 15 is 0 Å². The van der Waals surface area contributed by atoms with Crippen molar-refractivity contribution in [3.05, 3.63) is 58.3 Å². The van der Waals surface area contributed by atoms with Crippen LogP contribution < -0.4 is 0 Å². The van der Waals surface area contributed by atoms with E-state index in [-0.39, 0.29) is 17.7 Å². The Balaban J connectivity index is 1.94. The van der Waals surface area contributed by atoms with Crippen LogP contribution in [0.3, 0.4) is 0 Å². The third-order valence-electron chi connectivity index (χ3n) is 4.29. The van der Waals surface area contributed by atoms with Crippen molar-refractivity contribution in [3.8, 4) is 5.69 Å². The lowest BCUT2D eigenvalue weighted by Crippen LogP contribution is -2.31. The van der Waals surface area contributed by atoms with Gasteiger partial charge < -0.3 is 9.30 Å². The molecule has 1 fully saturated rings. The number of ether oxygens (including phenoxy) is 1. The second kappa shape index (κ2) is 7.29. The summed E-state index contributed by atoms with van der Waals surface area (Å²) in [6.07, 6.45) is 3.74. The molecule has 0 spiro atoms. The highest BCUT2D eigenvalue weighted by molar-refractivity contribution is 8.18. The van der Waals surface area contributed by atoms with Gasteiger partial charge in [0, 0.05) is 24.7 Å². The summed E-state index contributed by atoms with van der Waals surface area (Å²) in [5.74, 6) is -0.263. The van der Waals surface area contributed by atoms with Crippen LogP contribution in [-0.4, -0.2) is 40.9 Å². The van der Waals surface area contributed by atoms with E-state index in [9.17, 15) is 9.59 Å². The number of benzene rings is 1. The summed E-state index contributed by atoms with van der Waals surface area (Å²) in [7, 11) is 1.55. The summed E-state index contributed by atoms with van der Waals surface area (Å²) in [6.45, 7) is 4.76. The van der Waals surface area contributed by atoms with Gasteiger partial charge in [0.2, 0.25) is 0 Å². The molecular formula is C19H20N2O3S. The molecule has 1 saturated heterocycles. The average molecular weight is 356 g/mol. The molecule has 3 rings (SSSR count). The first-order valence-corrected chi connectivity index (χ1v) is 8.83. The molecule has 0 unspecified atom stereocenters. The van der Waals surface area contributed by atoms with Crippen LogP contribution in [0.5, 0.6) is 0 Å². The summed E-state index contributed by atoms with van der Waals surface area (Å²) >= 11 is 0.971. The quantitative estimate of drug-likeness (QED) is 0.765. The third kappa shape index (κ3) is 3.41. The Morgan fingerprint density at radius 3 is 2.72 bits per heavy atom. The van der Waals surface area contributed by atoms with Crippen molar-refractivity contribution in [2.75, 3.05) is 20.3 Å². The molecule has 1 aliphatic heterocycles. The van der Waals surface area contributed by atoms with E-state index in [1.807, 2.05) is 35.0 Å². The Bertz CT molecular complexity index is 854. The molecule has 0 atom stereocenters. The lowest BCUT2D eigenvalue weighted by molar-refractivity contribution is -0.123. The number of carbonyl (C=O) groups excluding carboxylic acids is 2. The van der Waals surface area contributed by atoms with E-state index in [1.54, 1.807) is 13.2 Å². The number of thioether (sulfide) groups is 1. The highest BCUT2D eigenvalue weighted by atomic mass is 32.2. The first-order chi connectivity index (χ1) is 12.0. The SMILES string of the molecule is COCCN1C(=O)S/C(=C/c2cccn2-c2cccc(C)c2C)C1=O. The van der Waals surface area contributed by atoms with Gasteiger partial charge in [0.25, 0.3) is 11.1 Å². The number of methoxy groups -OCH3 is 1. The smallest absolute Gasteiger partial charge is 0.293 e. The molecule has 1 aromatic heterocycles. The molecule has 5 nitrogen and oxygen atoms in total. The molecule has 2 aromatic rings. The van der Waals surface area contributed by atoms with Crippen LogP contribution in [0.4, 0.5) is 4.79 Å². The minimum absolute atomic E-state index is 0.252. The van der Waals surface area contributed by atoms with Crippen LogP contribution in [0.25, 0.3) is 11.8 Å². The molecule has 0 aliphatic carbocycles. The van der Waals surface area contributed by atoms with Crippen molar-refractivity contribution < 1.29 is 14.3 Å². The lowest BCUT2D eigenvalue weighted by Gasteiger charge is -2.12. The predicted molar refractivity (Wildman–Crippen MR) is 99.8 cm³/mol. The van der Waals surface area contributed by atoms with Gasteiger partial charge in [0.1, 0.15) is 0 Å². The molecule has 2 amide bonds. The van der Waals surface area contributed by atoms with E-state index in [4.69, 9.17) is 4.74 Å². The Morgan fingerprint density at radius 2 is 1.96 bits per heavy atom. The molecule has 0 N–H and O–H groups in total. The van der Waals surface area contributed by atoms with Crippen molar-refractivity contribution in [2.45, 2.75) is 13.8 Å². The van der Waals surface area contributed by atoms with Gasteiger partial charge in [0.15, 0.2) is 0 Å². The molecule has 25 heavy (non-hydrogen) atoms. The van der Waals surface area contributed by atoms with Gasteiger partial charge in [-0.15, -0.1) is 0 Å². The molecule has 1 aliphatic rings. The number of imide groups is 1. The fourth-order valence-electron chi connectivity index (χ4n) is 2.74. The Morgan fingerprint density at radius 1 is 1.16 bits per heavy atom. The first-order valence-electron chi connectivity index (χ1n) is 8.01. The first kappa shape index (κ1) is 17.5. The summed E-state index contributed by atoms with van der Waals surface area (Å²) in [5, 5.41) is -0.252. The van der Waals surface area contributed by atoms with E-state index < -0.39 is 0 Å². The lowest BCUT2D eigenvalue weighted by atomic mass is 10.1.